The van der Waals surface area contributed by atoms with Gasteiger partial charge in [-0.2, -0.15) is 0 Å². The van der Waals surface area contributed by atoms with Crippen molar-refractivity contribution in [3.05, 3.63) is 46.7 Å². The van der Waals surface area contributed by atoms with Crippen LogP contribution in [0.5, 0.6) is 0 Å². The van der Waals surface area contributed by atoms with Crippen LogP contribution in [0.3, 0.4) is 0 Å². The van der Waals surface area contributed by atoms with Gasteiger partial charge in [0.2, 0.25) is 11.8 Å². The van der Waals surface area contributed by atoms with E-state index >= 15 is 0 Å². The summed E-state index contributed by atoms with van der Waals surface area (Å²) in [6.07, 6.45) is 3.69. The minimum absolute atomic E-state index is 0.0193. The number of nitrogens with one attached hydrogen (secondary N) is 1. The Kier molecular flexibility index (Phi) is 8.33. The molecule has 172 valence electrons. The van der Waals surface area contributed by atoms with Gasteiger partial charge in [-0.15, -0.1) is 11.3 Å². The fraction of sp³-hybridized carbons (Fsp3) is 0.478. The lowest BCUT2D eigenvalue weighted by atomic mass is 10.2. The van der Waals surface area contributed by atoms with Crippen LogP contribution in [0, 0.1) is 5.82 Å². The Morgan fingerprint density at radius 2 is 1.78 bits per heavy atom. The Labute approximate surface area is 191 Å². The lowest BCUT2D eigenvalue weighted by Gasteiger charge is -2.21. The number of benzene rings is 1. The molecule has 7 nitrogen and oxygen atoms in total. The summed E-state index contributed by atoms with van der Waals surface area (Å²) in [5.41, 5.74) is 0.971. The Morgan fingerprint density at radius 1 is 1.12 bits per heavy atom. The Morgan fingerprint density at radius 3 is 2.38 bits per heavy atom. The van der Waals surface area contributed by atoms with E-state index in [0.29, 0.717) is 16.4 Å². The summed E-state index contributed by atoms with van der Waals surface area (Å²) in [7, 11) is 0. The van der Waals surface area contributed by atoms with Crippen molar-refractivity contribution >= 4 is 34.2 Å². The van der Waals surface area contributed by atoms with Gasteiger partial charge in [-0.05, 0) is 49.9 Å². The molecule has 1 heterocycles. The van der Waals surface area contributed by atoms with E-state index in [9.17, 15) is 18.8 Å². The van der Waals surface area contributed by atoms with Gasteiger partial charge in [-0.1, -0.05) is 13.8 Å². The summed E-state index contributed by atoms with van der Waals surface area (Å²) in [6.45, 7) is 5.42. The van der Waals surface area contributed by atoms with Gasteiger partial charge in [0.05, 0.1) is 12.1 Å². The molecule has 3 amide bonds. The molecule has 1 aliphatic carbocycles. The first kappa shape index (κ1) is 23.8. The SMILES string of the molecule is CCCN(CCC)C(=O)Cc1csc(NC(=O)CN(C(=O)c2ccc(F)cc2)C2CC2)n1. The van der Waals surface area contributed by atoms with E-state index in [4.69, 9.17) is 0 Å². The zero-order chi connectivity index (χ0) is 23.1. The predicted octanol–water partition coefficient (Wildman–Crippen LogP) is 3.72. The molecule has 0 saturated heterocycles. The van der Waals surface area contributed by atoms with Crippen LogP contribution in [0.15, 0.2) is 29.6 Å². The number of carbonyl (C=O) groups is 3. The highest BCUT2D eigenvalue weighted by Gasteiger charge is 2.34. The van der Waals surface area contributed by atoms with Crippen molar-refractivity contribution < 1.29 is 18.8 Å². The van der Waals surface area contributed by atoms with Gasteiger partial charge in [0, 0.05) is 30.1 Å². The summed E-state index contributed by atoms with van der Waals surface area (Å²) in [5.74, 6) is -1.03. The lowest BCUT2D eigenvalue weighted by molar-refractivity contribution is -0.130. The molecule has 0 radical (unpaired) electrons. The van der Waals surface area contributed by atoms with E-state index in [1.54, 1.807) is 5.38 Å². The molecule has 0 aliphatic heterocycles. The topological polar surface area (TPSA) is 82.6 Å². The number of carbonyl (C=O) groups excluding carboxylic acids is 3. The highest BCUT2D eigenvalue weighted by Crippen LogP contribution is 2.28. The van der Waals surface area contributed by atoms with E-state index in [1.165, 1.54) is 40.5 Å². The quantitative estimate of drug-likeness (QED) is 0.554. The highest BCUT2D eigenvalue weighted by molar-refractivity contribution is 7.13. The first-order chi connectivity index (χ1) is 15.4. The number of halogens is 1. The average molecular weight is 461 g/mol. The van der Waals surface area contributed by atoms with E-state index in [2.05, 4.69) is 10.3 Å². The fourth-order valence-electron chi connectivity index (χ4n) is 3.44. The van der Waals surface area contributed by atoms with Crippen LogP contribution in [0.1, 0.15) is 55.6 Å². The van der Waals surface area contributed by atoms with Gasteiger partial charge in [-0.3, -0.25) is 14.4 Å². The summed E-state index contributed by atoms with van der Waals surface area (Å²) in [6, 6.07) is 5.34. The van der Waals surface area contributed by atoms with Crippen molar-refractivity contribution in [2.45, 2.75) is 52.0 Å². The third-order valence-electron chi connectivity index (χ3n) is 5.12. The molecule has 32 heavy (non-hydrogen) atoms. The second-order valence-corrected chi connectivity index (χ2v) is 8.78. The number of anilines is 1. The lowest BCUT2D eigenvalue weighted by Crippen LogP contribution is -2.39. The van der Waals surface area contributed by atoms with Crippen molar-refractivity contribution in [2.24, 2.45) is 0 Å². The van der Waals surface area contributed by atoms with Gasteiger partial charge >= 0.3 is 0 Å². The molecule has 1 saturated carbocycles. The summed E-state index contributed by atoms with van der Waals surface area (Å²) in [4.78, 5) is 45.6. The summed E-state index contributed by atoms with van der Waals surface area (Å²) >= 11 is 1.26. The molecular weight excluding hydrogens is 431 g/mol. The molecule has 0 bridgehead atoms. The van der Waals surface area contributed by atoms with Crippen LogP contribution in [0.25, 0.3) is 0 Å². The number of thiazole rings is 1. The summed E-state index contributed by atoms with van der Waals surface area (Å²) < 4.78 is 13.2. The Bertz CT molecular complexity index is 937. The molecule has 9 heteroatoms. The molecule has 3 rings (SSSR count). The van der Waals surface area contributed by atoms with E-state index < -0.39 is 5.82 Å². The normalized spacial score (nSPS) is 13.0. The van der Waals surface area contributed by atoms with E-state index in [0.717, 1.165) is 38.8 Å². The van der Waals surface area contributed by atoms with Gasteiger partial charge in [-0.25, -0.2) is 9.37 Å². The number of nitrogens with zero attached hydrogens (tertiary/aromatic N) is 3. The van der Waals surface area contributed by atoms with Crippen LogP contribution < -0.4 is 5.32 Å². The molecule has 1 fully saturated rings. The summed E-state index contributed by atoms with van der Waals surface area (Å²) in [5, 5.41) is 4.91. The van der Waals surface area contributed by atoms with Gasteiger partial charge in [0.25, 0.3) is 5.91 Å². The Hall–Kier alpha value is -2.81. The van der Waals surface area contributed by atoms with Crippen molar-refractivity contribution in [3.8, 4) is 0 Å². The monoisotopic (exact) mass is 460 g/mol. The van der Waals surface area contributed by atoms with Crippen molar-refractivity contribution in [2.75, 3.05) is 25.0 Å². The Balaban J connectivity index is 1.57. The zero-order valence-corrected chi connectivity index (χ0v) is 19.3. The minimum atomic E-state index is -0.414. The molecule has 1 aromatic heterocycles. The molecule has 1 N–H and O–H groups in total. The highest BCUT2D eigenvalue weighted by atomic mass is 32.1. The van der Waals surface area contributed by atoms with Crippen molar-refractivity contribution in [3.63, 3.8) is 0 Å². The molecule has 0 atom stereocenters. The number of hydrogen-bond acceptors (Lipinski definition) is 5. The number of rotatable bonds is 11. The molecule has 1 aliphatic rings. The smallest absolute Gasteiger partial charge is 0.254 e. The maximum Gasteiger partial charge on any atom is 0.254 e. The predicted molar refractivity (Wildman–Crippen MR) is 122 cm³/mol. The fourth-order valence-corrected chi connectivity index (χ4v) is 4.16. The van der Waals surface area contributed by atoms with Crippen LogP contribution in [0.4, 0.5) is 9.52 Å². The van der Waals surface area contributed by atoms with E-state index in [1.807, 2.05) is 18.7 Å². The largest absolute Gasteiger partial charge is 0.342 e. The second-order valence-electron chi connectivity index (χ2n) is 7.92. The van der Waals surface area contributed by atoms with Crippen LogP contribution in [-0.4, -0.2) is 58.2 Å². The minimum Gasteiger partial charge on any atom is -0.342 e. The number of aromatic nitrogens is 1. The van der Waals surface area contributed by atoms with Gasteiger partial charge in [0.1, 0.15) is 12.4 Å². The van der Waals surface area contributed by atoms with Crippen molar-refractivity contribution in [1.82, 2.24) is 14.8 Å². The van der Waals surface area contributed by atoms with Crippen LogP contribution in [0.2, 0.25) is 0 Å². The van der Waals surface area contributed by atoms with Crippen LogP contribution in [-0.2, 0) is 16.0 Å². The third-order valence-corrected chi connectivity index (χ3v) is 5.93. The molecular formula is C23H29FN4O3S. The van der Waals surface area contributed by atoms with Gasteiger partial charge < -0.3 is 15.1 Å². The molecule has 1 aromatic carbocycles. The first-order valence-electron chi connectivity index (χ1n) is 11.0. The van der Waals surface area contributed by atoms with Crippen molar-refractivity contribution in [1.29, 1.82) is 0 Å². The number of amides is 3. The average Bonchev–Trinajstić information content (AvgIpc) is 3.52. The standard InChI is InChI=1S/C23H29FN4O3S/c1-3-11-27(12-4-2)21(30)13-18-15-32-23(25-18)26-20(29)14-28(19-9-10-19)22(31)16-5-7-17(24)8-6-16/h5-8,15,19H,3-4,9-14H2,1-2H3,(H,25,26,29). The van der Waals surface area contributed by atoms with E-state index in [-0.39, 0.29) is 36.7 Å². The maximum atomic E-state index is 13.2. The molecule has 0 unspecified atom stereocenters. The maximum absolute atomic E-state index is 13.2. The zero-order valence-electron chi connectivity index (χ0n) is 18.5. The molecule has 2 aromatic rings. The molecule has 0 spiro atoms. The first-order valence-corrected chi connectivity index (χ1v) is 11.9. The van der Waals surface area contributed by atoms with Gasteiger partial charge in [0.15, 0.2) is 5.13 Å². The number of hydrogen-bond donors (Lipinski definition) is 1. The second kappa shape index (κ2) is 11.2. The third kappa shape index (κ3) is 6.59. The van der Waals surface area contributed by atoms with Crippen LogP contribution >= 0.6 is 11.3 Å².